The molecule has 0 saturated heterocycles. The van der Waals surface area contributed by atoms with Crippen molar-refractivity contribution >= 4 is 49.4 Å². The number of fused-ring (bicyclic) bond motifs is 1. The van der Waals surface area contributed by atoms with Gasteiger partial charge in [0.2, 0.25) is 0 Å². The summed E-state index contributed by atoms with van der Waals surface area (Å²) in [7, 11) is -4.04. The molecular weight excluding hydrogens is 410 g/mol. The maximum Gasteiger partial charge on any atom is 0.333 e. The van der Waals surface area contributed by atoms with Gasteiger partial charge >= 0.3 is 10.3 Å². The normalized spacial score (nSPS) is 19.6. The fourth-order valence-electron chi connectivity index (χ4n) is 3.57. The highest BCUT2D eigenvalue weighted by Gasteiger charge is 2.68. The van der Waals surface area contributed by atoms with Crippen molar-refractivity contribution in [1.82, 2.24) is 4.57 Å². The van der Waals surface area contributed by atoms with Gasteiger partial charge in [0.1, 0.15) is 0 Å². The van der Waals surface area contributed by atoms with Crippen LogP contribution in [-0.2, 0) is 25.8 Å². The van der Waals surface area contributed by atoms with Crippen molar-refractivity contribution < 1.29 is 17.4 Å². The molecule has 1 heterocycles. The fraction of sp³-hybridized carbons (Fsp3) is 0.529. The van der Waals surface area contributed by atoms with Crippen molar-refractivity contribution in [2.24, 2.45) is 26.9 Å². The summed E-state index contributed by atoms with van der Waals surface area (Å²) in [5, 5.41) is 5.45. The van der Waals surface area contributed by atoms with Crippen molar-refractivity contribution in [3.63, 3.8) is 0 Å². The van der Waals surface area contributed by atoms with Crippen LogP contribution in [0.2, 0.25) is 5.02 Å². The Morgan fingerprint density at radius 1 is 1.33 bits per heavy atom. The zero-order chi connectivity index (χ0) is 20.2. The molecule has 10 heteroatoms. The highest BCUT2D eigenvalue weighted by Crippen LogP contribution is 2.68. The van der Waals surface area contributed by atoms with Crippen LogP contribution in [0.3, 0.4) is 0 Å². The standard InChI is InChI=1S/C17H22ClN3O4S2/c1-16(2)13(17(16,3)4)14(22)20-15-21(7-8-25-27(19,23)24)11-6-5-10(18)9-12(11)26-15/h5-6,9,13H,7-8H2,1-4H3,(H2,19,23,24). The molecule has 2 N–H and O–H groups in total. The number of aromatic nitrogens is 1. The van der Waals surface area contributed by atoms with Gasteiger partial charge in [-0.2, -0.15) is 13.4 Å². The lowest BCUT2D eigenvalue weighted by molar-refractivity contribution is -0.120. The van der Waals surface area contributed by atoms with Gasteiger partial charge in [0.05, 0.1) is 29.3 Å². The van der Waals surface area contributed by atoms with Crippen LogP contribution >= 0.6 is 22.9 Å². The molecule has 7 nitrogen and oxygen atoms in total. The highest BCUT2D eigenvalue weighted by molar-refractivity contribution is 7.84. The molecule has 0 spiro atoms. The summed E-state index contributed by atoms with van der Waals surface area (Å²) in [4.78, 5) is 17.6. The van der Waals surface area contributed by atoms with Crippen LogP contribution in [0.25, 0.3) is 10.2 Å². The predicted octanol–water partition coefficient (Wildman–Crippen LogP) is 2.69. The molecule has 1 aliphatic carbocycles. The average Bonchev–Trinajstić information content (AvgIpc) is 2.76. The number of nitrogens with zero attached hydrogens (tertiary/aromatic N) is 2. The molecule has 148 valence electrons. The molecule has 0 unspecified atom stereocenters. The van der Waals surface area contributed by atoms with E-state index in [1.54, 1.807) is 22.8 Å². The van der Waals surface area contributed by atoms with E-state index < -0.39 is 10.3 Å². The summed E-state index contributed by atoms with van der Waals surface area (Å²) in [6, 6.07) is 5.32. The molecular formula is C17H22ClN3O4S2. The fourth-order valence-corrected chi connectivity index (χ4v) is 5.21. The number of hydrogen-bond acceptors (Lipinski definition) is 5. The maximum atomic E-state index is 12.8. The van der Waals surface area contributed by atoms with E-state index in [0.29, 0.717) is 9.82 Å². The van der Waals surface area contributed by atoms with Gasteiger partial charge in [0.25, 0.3) is 5.91 Å². The number of thiazole rings is 1. The molecule has 0 bridgehead atoms. The predicted molar refractivity (Wildman–Crippen MR) is 106 cm³/mol. The van der Waals surface area contributed by atoms with Crippen molar-refractivity contribution in [3.8, 4) is 0 Å². The molecule has 1 aromatic carbocycles. The Morgan fingerprint density at radius 2 is 1.96 bits per heavy atom. The van der Waals surface area contributed by atoms with Crippen molar-refractivity contribution in [3.05, 3.63) is 28.0 Å². The lowest BCUT2D eigenvalue weighted by atomic mass is 10.0. The van der Waals surface area contributed by atoms with E-state index in [4.69, 9.17) is 16.7 Å². The minimum Gasteiger partial charge on any atom is -0.314 e. The van der Waals surface area contributed by atoms with Crippen LogP contribution < -0.4 is 9.94 Å². The number of rotatable bonds is 5. The van der Waals surface area contributed by atoms with E-state index in [-0.39, 0.29) is 35.8 Å². The summed E-state index contributed by atoms with van der Waals surface area (Å²) in [6.45, 7) is 8.26. The van der Waals surface area contributed by atoms with E-state index >= 15 is 0 Å². The smallest absolute Gasteiger partial charge is 0.314 e. The second-order valence-electron chi connectivity index (χ2n) is 7.79. The van der Waals surface area contributed by atoms with E-state index in [9.17, 15) is 13.2 Å². The van der Waals surface area contributed by atoms with Gasteiger partial charge in [-0.05, 0) is 29.0 Å². The Hall–Kier alpha value is -1.26. The third-order valence-electron chi connectivity index (χ3n) is 5.68. The Labute approximate surface area is 167 Å². The summed E-state index contributed by atoms with van der Waals surface area (Å²) >= 11 is 7.39. The van der Waals surface area contributed by atoms with Gasteiger partial charge in [-0.25, -0.2) is 5.14 Å². The number of nitrogens with two attached hydrogens (primary N) is 1. The average molecular weight is 432 g/mol. The van der Waals surface area contributed by atoms with Gasteiger partial charge in [0, 0.05) is 5.02 Å². The molecule has 1 saturated carbocycles. The third kappa shape index (κ3) is 3.84. The number of benzene rings is 1. The van der Waals surface area contributed by atoms with Crippen LogP contribution in [0.5, 0.6) is 0 Å². The van der Waals surface area contributed by atoms with Crippen LogP contribution in [-0.4, -0.2) is 25.5 Å². The van der Waals surface area contributed by atoms with Crippen molar-refractivity contribution in [1.29, 1.82) is 0 Å². The van der Waals surface area contributed by atoms with Crippen LogP contribution in [0, 0.1) is 16.7 Å². The Morgan fingerprint density at radius 3 is 2.52 bits per heavy atom. The Kier molecular flexibility index (Phi) is 5.05. The Bertz CT molecular complexity index is 1070. The topological polar surface area (TPSA) is 104 Å². The van der Waals surface area contributed by atoms with Gasteiger partial charge in [0.15, 0.2) is 4.80 Å². The number of carbonyl (C=O) groups is 1. The quantitative estimate of drug-likeness (QED) is 0.785. The maximum absolute atomic E-state index is 12.8. The van der Waals surface area contributed by atoms with E-state index in [2.05, 4.69) is 36.9 Å². The summed E-state index contributed by atoms with van der Waals surface area (Å²) in [5.41, 5.74) is 0.563. The molecule has 0 aliphatic heterocycles. The molecule has 1 amide bonds. The van der Waals surface area contributed by atoms with Crippen molar-refractivity contribution in [2.75, 3.05) is 6.61 Å². The first-order chi connectivity index (χ1) is 12.3. The third-order valence-corrected chi connectivity index (χ3v) is 7.45. The van der Waals surface area contributed by atoms with Crippen LogP contribution in [0.15, 0.2) is 23.2 Å². The van der Waals surface area contributed by atoms with Gasteiger partial charge in [-0.3, -0.25) is 8.98 Å². The monoisotopic (exact) mass is 431 g/mol. The highest BCUT2D eigenvalue weighted by atomic mass is 35.5. The zero-order valence-corrected chi connectivity index (χ0v) is 17.9. The molecule has 3 rings (SSSR count). The zero-order valence-electron chi connectivity index (χ0n) is 15.5. The molecule has 1 aliphatic rings. The van der Waals surface area contributed by atoms with Gasteiger partial charge in [-0.15, -0.1) is 0 Å². The first-order valence-corrected chi connectivity index (χ1v) is 11.1. The van der Waals surface area contributed by atoms with Gasteiger partial charge in [-0.1, -0.05) is 50.6 Å². The van der Waals surface area contributed by atoms with Crippen molar-refractivity contribution in [2.45, 2.75) is 34.2 Å². The van der Waals surface area contributed by atoms with E-state index in [1.807, 2.05) is 0 Å². The SMILES string of the molecule is CC1(C)C(C(=O)N=c2sc3cc(Cl)ccc3n2CCOS(N)(=O)=O)C1(C)C. The van der Waals surface area contributed by atoms with Crippen LogP contribution in [0.1, 0.15) is 27.7 Å². The second-order valence-corrected chi connectivity index (χ2v) is 10.5. The lowest BCUT2D eigenvalue weighted by Crippen LogP contribution is -2.23. The molecule has 1 fully saturated rings. The number of amides is 1. The number of halogens is 1. The Balaban J connectivity index is 2.01. The molecule has 27 heavy (non-hydrogen) atoms. The van der Waals surface area contributed by atoms with E-state index in [1.165, 1.54) is 11.3 Å². The largest absolute Gasteiger partial charge is 0.333 e. The van der Waals surface area contributed by atoms with Crippen LogP contribution in [0.4, 0.5) is 0 Å². The van der Waals surface area contributed by atoms with Gasteiger partial charge < -0.3 is 4.57 Å². The molecule has 0 radical (unpaired) electrons. The molecule has 0 atom stereocenters. The second kappa shape index (κ2) is 6.66. The first-order valence-electron chi connectivity index (χ1n) is 8.39. The minimum absolute atomic E-state index is 0.116. The van der Waals surface area contributed by atoms with E-state index in [0.717, 1.165) is 10.2 Å². The lowest BCUT2D eigenvalue weighted by Gasteiger charge is -2.05. The number of hydrogen-bond donors (Lipinski definition) is 1. The first kappa shape index (κ1) is 20.5. The summed E-state index contributed by atoms with van der Waals surface area (Å²) < 4.78 is 29.3. The summed E-state index contributed by atoms with van der Waals surface area (Å²) in [5.74, 6) is -0.336. The molecule has 1 aromatic heterocycles. The summed E-state index contributed by atoms with van der Waals surface area (Å²) in [6.07, 6.45) is 0. The minimum atomic E-state index is -4.04. The number of carbonyl (C=O) groups excluding carboxylic acids is 1. The molecule has 2 aromatic rings.